The maximum absolute atomic E-state index is 13.0. The van der Waals surface area contributed by atoms with Crippen molar-refractivity contribution in [1.29, 1.82) is 0 Å². The predicted octanol–water partition coefficient (Wildman–Crippen LogP) is 2.78. The Hall–Kier alpha value is -1.90. The number of hydrogen-bond acceptors (Lipinski definition) is 5. The first-order chi connectivity index (χ1) is 13.4. The van der Waals surface area contributed by atoms with Crippen molar-refractivity contribution in [1.82, 2.24) is 9.21 Å². The van der Waals surface area contributed by atoms with Crippen LogP contribution in [0.5, 0.6) is 0 Å². The zero-order valence-electron chi connectivity index (χ0n) is 16.3. The predicted molar refractivity (Wildman–Crippen MR) is 105 cm³/mol. The molecule has 3 heterocycles. The standard InChI is InChI=1S/C20H26N2O5S/c1-14-5-3-4-8-22(14)20(23)19-15(2)17-13-16(6-7-18(17)27-19)28(24,25)21-9-11-26-12-10-21/h6-7,13-14H,3-5,8-12H2,1-2H3. The number of amides is 1. The Kier molecular flexibility index (Phi) is 5.20. The number of aryl methyl sites for hydroxylation is 1. The number of carbonyl (C=O) groups is 1. The number of carbonyl (C=O) groups excluding carboxylic acids is 1. The number of fused-ring (bicyclic) bond motifs is 1. The van der Waals surface area contributed by atoms with Gasteiger partial charge in [0.05, 0.1) is 18.1 Å². The summed E-state index contributed by atoms with van der Waals surface area (Å²) in [6.45, 7) is 6.11. The molecule has 2 aliphatic heterocycles. The van der Waals surface area contributed by atoms with Gasteiger partial charge in [0.25, 0.3) is 5.91 Å². The van der Waals surface area contributed by atoms with Crippen LogP contribution in [0, 0.1) is 6.92 Å². The van der Waals surface area contributed by atoms with E-state index in [1.807, 2.05) is 11.8 Å². The summed E-state index contributed by atoms with van der Waals surface area (Å²) < 4.78 is 38.4. The molecule has 0 bridgehead atoms. The van der Waals surface area contributed by atoms with Crippen molar-refractivity contribution < 1.29 is 22.4 Å². The summed E-state index contributed by atoms with van der Waals surface area (Å²) in [6, 6.07) is 5.00. The molecule has 7 nitrogen and oxygen atoms in total. The Labute approximate surface area is 165 Å². The van der Waals surface area contributed by atoms with Crippen molar-refractivity contribution >= 4 is 26.9 Å². The minimum absolute atomic E-state index is 0.113. The maximum Gasteiger partial charge on any atom is 0.290 e. The lowest BCUT2D eigenvalue weighted by Crippen LogP contribution is -2.42. The quantitative estimate of drug-likeness (QED) is 0.783. The van der Waals surface area contributed by atoms with Crippen LogP contribution in [0.1, 0.15) is 42.3 Å². The van der Waals surface area contributed by atoms with Gasteiger partial charge in [-0.15, -0.1) is 0 Å². The molecular weight excluding hydrogens is 380 g/mol. The van der Waals surface area contributed by atoms with E-state index in [0.29, 0.717) is 48.6 Å². The van der Waals surface area contributed by atoms with Crippen molar-refractivity contribution in [3.63, 3.8) is 0 Å². The fourth-order valence-corrected chi connectivity index (χ4v) is 5.47. The minimum atomic E-state index is -3.59. The molecule has 0 aliphatic carbocycles. The van der Waals surface area contributed by atoms with Gasteiger partial charge < -0.3 is 14.1 Å². The normalized spacial score (nSPS) is 21.9. The third-order valence-corrected chi connectivity index (χ3v) is 7.67. The lowest BCUT2D eigenvalue weighted by Gasteiger charge is -2.32. The molecule has 2 fully saturated rings. The van der Waals surface area contributed by atoms with Gasteiger partial charge in [0, 0.05) is 36.6 Å². The molecule has 0 N–H and O–H groups in total. The van der Waals surface area contributed by atoms with E-state index in [0.717, 1.165) is 25.8 Å². The first kappa shape index (κ1) is 19.4. The molecule has 1 atom stereocenters. The van der Waals surface area contributed by atoms with Gasteiger partial charge in [-0.3, -0.25) is 4.79 Å². The van der Waals surface area contributed by atoms with Crippen LogP contribution >= 0.6 is 0 Å². The van der Waals surface area contributed by atoms with Crippen LogP contribution in [0.2, 0.25) is 0 Å². The summed E-state index contributed by atoms with van der Waals surface area (Å²) in [5.41, 5.74) is 1.23. The van der Waals surface area contributed by atoms with E-state index in [-0.39, 0.29) is 16.8 Å². The maximum atomic E-state index is 13.0. The summed E-state index contributed by atoms with van der Waals surface area (Å²) in [4.78, 5) is 15.1. The second kappa shape index (κ2) is 7.50. The third kappa shape index (κ3) is 3.33. The average molecular weight is 407 g/mol. The Balaban J connectivity index is 1.69. The molecule has 8 heteroatoms. The molecule has 2 aliphatic rings. The third-order valence-electron chi connectivity index (χ3n) is 5.77. The van der Waals surface area contributed by atoms with Crippen LogP contribution in [0.25, 0.3) is 11.0 Å². The van der Waals surface area contributed by atoms with Gasteiger partial charge in [-0.25, -0.2) is 8.42 Å². The van der Waals surface area contributed by atoms with E-state index in [2.05, 4.69) is 6.92 Å². The zero-order chi connectivity index (χ0) is 19.9. The SMILES string of the molecule is Cc1c(C(=O)N2CCCCC2C)oc2ccc(S(=O)(=O)N3CCOCC3)cc12. The number of ether oxygens (including phenoxy) is 1. The fraction of sp³-hybridized carbons (Fsp3) is 0.550. The molecule has 2 saturated heterocycles. The van der Waals surface area contributed by atoms with Crippen LogP contribution in [-0.4, -0.2) is 62.4 Å². The first-order valence-corrected chi connectivity index (χ1v) is 11.3. The van der Waals surface area contributed by atoms with E-state index < -0.39 is 10.0 Å². The average Bonchev–Trinajstić information content (AvgIpc) is 3.04. The Bertz CT molecular complexity index is 991. The number of furan rings is 1. The molecular formula is C20H26N2O5S. The second-order valence-corrected chi connectivity index (χ2v) is 9.51. The van der Waals surface area contributed by atoms with E-state index >= 15 is 0 Å². The Morgan fingerprint density at radius 3 is 2.61 bits per heavy atom. The molecule has 1 unspecified atom stereocenters. The molecule has 0 radical (unpaired) electrons. The largest absolute Gasteiger partial charge is 0.451 e. The van der Waals surface area contributed by atoms with E-state index in [9.17, 15) is 13.2 Å². The molecule has 1 amide bonds. The summed E-state index contributed by atoms with van der Waals surface area (Å²) >= 11 is 0. The number of piperidine rings is 1. The Morgan fingerprint density at radius 1 is 1.14 bits per heavy atom. The second-order valence-electron chi connectivity index (χ2n) is 7.57. The highest BCUT2D eigenvalue weighted by Gasteiger charge is 2.30. The highest BCUT2D eigenvalue weighted by molar-refractivity contribution is 7.89. The van der Waals surface area contributed by atoms with Crippen LogP contribution in [0.4, 0.5) is 0 Å². The van der Waals surface area contributed by atoms with Gasteiger partial charge in [0.15, 0.2) is 5.76 Å². The highest BCUT2D eigenvalue weighted by atomic mass is 32.2. The smallest absolute Gasteiger partial charge is 0.290 e. The number of likely N-dealkylation sites (tertiary alicyclic amines) is 1. The lowest BCUT2D eigenvalue weighted by atomic mass is 10.0. The van der Waals surface area contributed by atoms with E-state index in [1.165, 1.54) is 4.31 Å². The molecule has 0 saturated carbocycles. The monoisotopic (exact) mass is 406 g/mol. The summed E-state index contributed by atoms with van der Waals surface area (Å²) in [7, 11) is -3.59. The van der Waals surface area contributed by atoms with Crippen LogP contribution in [0.15, 0.2) is 27.5 Å². The van der Waals surface area contributed by atoms with E-state index in [1.54, 1.807) is 18.2 Å². The zero-order valence-corrected chi connectivity index (χ0v) is 17.1. The van der Waals surface area contributed by atoms with Crippen molar-refractivity contribution in [2.24, 2.45) is 0 Å². The molecule has 0 spiro atoms. The van der Waals surface area contributed by atoms with Gasteiger partial charge in [0.2, 0.25) is 10.0 Å². The number of morpholine rings is 1. The van der Waals surface area contributed by atoms with Crippen LogP contribution in [0.3, 0.4) is 0 Å². The van der Waals surface area contributed by atoms with Gasteiger partial charge in [-0.1, -0.05) is 0 Å². The van der Waals surface area contributed by atoms with Crippen molar-refractivity contribution in [2.75, 3.05) is 32.8 Å². The number of benzene rings is 1. The molecule has 2 aromatic rings. The van der Waals surface area contributed by atoms with Gasteiger partial charge >= 0.3 is 0 Å². The molecule has 28 heavy (non-hydrogen) atoms. The summed E-state index contributed by atoms with van der Waals surface area (Å²) in [5, 5.41) is 0.669. The lowest BCUT2D eigenvalue weighted by molar-refractivity contribution is 0.0604. The van der Waals surface area contributed by atoms with Crippen LogP contribution in [-0.2, 0) is 14.8 Å². The first-order valence-electron chi connectivity index (χ1n) is 9.81. The highest BCUT2D eigenvalue weighted by Crippen LogP contribution is 2.31. The topological polar surface area (TPSA) is 80.1 Å². The van der Waals surface area contributed by atoms with E-state index in [4.69, 9.17) is 9.15 Å². The van der Waals surface area contributed by atoms with Gasteiger partial charge in [-0.2, -0.15) is 4.31 Å². The van der Waals surface area contributed by atoms with Gasteiger partial charge in [0.1, 0.15) is 5.58 Å². The van der Waals surface area contributed by atoms with Crippen molar-refractivity contribution in [3.05, 3.63) is 29.5 Å². The molecule has 1 aromatic heterocycles. The number of rotatable bonds is 3. The Morgan fingerprint density at radius 2 is 1.89 bits per heavy atom. The minimum Gasteiger partial charge on any atom is -0.451 e. The summed E-state index contributed by atoms with van der Waals surface area (Å²) in [6.07, 6.45) is 3.12. The van der Waals surface area contributed by atoms with Crippen LogP contribution < -0.4 is 0 Å². The summed E-state index contributed by atoms with van der Waals surface area (Å²) in [5.74, 6) is 0.197. The molecule has 152 valence electrons. The van der Waals surface area contributed by atoms with Crippen molar-refractivity contribution in [3.8, 4) is 0 Å². The number of sulfonamides is 1. The molecule has 4 rings (SSSR count). The number of nitrogens with zero attached hydrogens (tertiary/aromatic N) is 2. The fourth-order valence-electron chi connectivity index (χ4n) is 4.03. The molecule has 1 aromatic carbocycles. The van der Waals surface area contributed by atoms with Gasteiger partial charge in [-0.05, 0) is 51.3 Å². The van der Waals surface area contributed by atoms with Crippen molar-refractivity contribution in [2.45, 2.75) is 44.0 Å². The number of hydrogen-bond donors (Lipinski definition) is 0.